The molecular formula is C9H15NO3. The van der Waals surface area contributed by atoms with E-state index < -0.39 is 0 Å². The molecule has 2 heterocycles. The summed E-state index contributed by atoms with van der Waals surface area (Å²) in [6.07, 6.45) is 3.10. The van der Waals surface area contributed by atoms with Gasteiger partial charge in [0.1, 0.15) is 0 Å². The Labute approximate surface area is 77.8 Å². The van der Waals surface area contributed by atoms with E-state index in [9.17, 15) is 4.79 Å². The van der Waals surface area contributed by atoms with Gasteiger partial charge in [-0.3, -0.25) is 4.90 Å². The van der Waals surface area contributed by atoms with Crippen molar-refractivity contribution in [3.05, 3.63) is 0 Å². The van der Waals surface area contributed by atoms with Crippen molar-refractivity contribution >= 4 is 6.09 Å². The first-order valence-corrected chi connectivity index (χ1v) is 4.77. The molecule has 0 spiro atoms. The number of carbonyl (C=O) groups excluding carboxylic acids is 1. The number of hydrogen-bond acceptors (Lipinski definition) is 3. The minimum Gasteiger partial charge on any atom is -0.453 e. The van der Waals surface area contributed by atoms with Crippen LogP contribution in [0.5, 0.6) is 0 Å². The van der Waals surface area contributed by atoms with Crippen LogP contribution in [0.15, 0.2) is 0 Å². The van der Waals surface area contributed by atoms with Crippen molar-refractivity contribution in [2.45, 2.75) is 31.3 Å². The molecule has 2 saturated heterocycles. The zero-order chi connectivity index (χ0) is 9.26. The largest absolute Gasteiger partial charge is 0.453 e. The molecule has 0 aromatic rings. The summed E-state index contributed by atoms with van der Waals surface area (Å²) in [5.74, 6) is 0. The summed E-state index contributed by atoms with van der Waals surface area (Å²) in [5, 5.41) is 0. The number of nitrogens with zero attached hydrogens (tertiary/aromatic N) is 1. The van der Waals surface area contributed by atoms with Crippen molar-refractivity contribution < 1.29 is 14.3 Å². The van der Waals surface area contributed by atoms with E-state index in [0.717, 1.165) is 12.8 Å². The summed E-state index contributed by atoms with van der Waals surface area (Å²) in [5.41, 5.74) is 0. The normalized spacial score (nSPS) is 32.8. The van der Waals surface area contributed by atoms with Gasteiger partial charge in [-0.25, -0.2) is 4.79 Å². The summed E-state index contributed by atoms with van der Waals surface area (Å²) in [6.45, 7) is 1.34. The highest BCUT2D eigenvalue weighted by Gasteiger charge is 2.38. The molecule has 2 aliphatic heterocycles. The molecule has 4 heteroatoms. The van der Waals surface area contributed by atoms with Gasteiger partial charge < -0.3 is 9.47 Å². The Kier molecular flexibility index (Phi) is 2.40. The van der Waals surface area contributed by atoms with E-state index in [-0.39, 0.29) is 18.2 Å². The standard InChI is InChI=1S/C9H15NO3/c1-12-9(11)10-7-3-2-4-8(10)6-13-5-7/h7-8H,2-6H2,1H3. The topological polar surface area (TPSA) is 38.8 Å². The molecule has 2 fully saturated rings. The molecule has 2 unspecified atom stereocenters. The molecule has 0 aromatic heterocycles. The lowest BCUT2D eigenvalue weighted by Gasteiger charge is -2.44. The van der Waals surface area contributed by atoms with Crippen LogP contribution < -0.4 is 0 Å². The maximum atomic E-state index is 11.4. The van der Waals surface area contributed by atoms with Crippen LogP contribution in [0, 0.1) is 0 Å². The van der Waals surface area contributed by atoms with Crippen LogP contribution in [0.4, 0.5) is 4.79 Å². The van der Waals surface area contributed by atoms with E-state index in [1.54, 1.807) is 0 Å². The number of methoxy groups -OCH3 is 1. The molecule has 0 saturated carbocycles. The van der Waals surface area contributed by atoms with Gasteiger partial charge in [0.2, 0.25) is 0 Å². The molecule has 0 aromatic carbocycles. The van der Waals surface area contributed by atoms with Crippen LogP contribution in [-0.2, 0) is 9.47 Å². The minimum atomic E-state index is -0.196. The molecule has 4 nitrogen and oxygen atoms in total. The number of morpholine rings is 1. The van der Waals surface area contributed by atoms with Gasteiger partial charge in [-0.15, -0.1) is 0 Å². The molecular weight excluding hydrogens is 170 g/mol. The van der Waals surface area contributed by atoms with Crippen LogP contribution in [0.3, 0.4) is 0 Å². The van der Waals surface area contributed by atoms with Gasteiger partial charge in [0.15, 0.2) is 0 Å². The quantitative estimate of drug-likeness (QED) is 0.565. The highest BCUT2D eigenvalue weighted by atomic mass is 16.5. The fourth-order valence-electron chi connectivity index (χ4n) is 2.24. The van der Waals surface area contributed by atoms with Crippen LogP contribution in [-0.4, -0.2) is 43.4 Å². The number of fused-ring (bicyclic) bond motifs is 2. The zero-order valence-corrected chi connectivity index (χ0v) is 7.86. The summed E-state index contributed by atoms with van der Waals surface area (Å²) < 4.78 is 10.2. The van der Waals surface area contributed by atoms with Gasteiger partial charge in [-0.05, 0) is 19.3 Å². The number of amides is 1. The van der Waals surface area contributed by atoms with Crippen molar-refractivity contribution in [3.8, 4) is 0 Å². The highest BCUT2D eigenvalue weighted by molar-refractivity contribution is 5.68. The number of piperidine rings is 1. The monoisotopic (exact) mass is 185 g/mol. The van der Waals surface area contributed by atoms with Gasteiger partial charge in [0, 0.05) is 0 Å². The molecule has 13 heavy (non-hydrogen) atoms. The third kappa shape index (κ3) is 1.50. The molecule has 2 atom stereocenters. The van der Waals surface area contributed by atoms with Crippen molar-refractivity contribution in [2.24, 2.45) is 0 Å². The summed E-state index contributed by atoms with van der Waals surface area (Å²) >= 11 is 0. The maximum Gasteiger partial charge on any atom is 0.410 e. The van der Waals surface area contributed by atoms with Gasteiger partial charge in [-0.1, -0.05) is 0 Å². The maximum absolute atomic E-state index is 11.4. The second kappa shape index (κ2) is 3.54. The van der Waals surface area contributed by atoms with Crippen molar-refractivity contribution in [2.75, 3.05) is 20.3 Å². The predicted molar refractivity (Wildman–Crippen MR) is 46.5 cm³/mol. The van der Waals surface area contributed by atoms with Gasteiger partial charge in [0.05, 0.1) is 32.4 Å². The first-order valence-electron chi connectivity index (χ1n) is 4.77. The fourth-order valence-corrected chi connectivity index (χ4v) is 2.24. The highest BCUT2D eigenvalue weighted by Crippen LogP contribution is 2.27. The molecule has 2 rings (SSSR count). The van der Waals surface area contributed by atoms with Crippen LogP contribution >= 0.6 is 0 Å². The van der Waals surface area contributed by atoms with Crippen LogP contribution in [0.2, 0.25) is 0 Å². The van der Waals surface area contributed by atoms with E-state index in [2.05, 4.69) is 0 Å². The second-order valence-corrected chi connectivity index (χ2v) is 3.65. The number of rotatable bonds is 0. The van der Waals surface area contributed by atoms with E-state index >= 15 is 0 Å². The van der Waals surface area contributed by atoms with Gasteiger partial charge in [0.25, 0.3) is 0 Å². The summed E-state index contributed by atoms with van der Waals surface area (Å²) in [7, 11) is 1.44. The van der Waals surface area contributed by atoms with Crippen molar-refractivity contribution in [1.29, 1.82) is 0 Å². The molecule has 2 bridgehead atoms. The third-order valence-corrected chi connectivity index (χ3v) is 2.87. The smallest absolute Gasteiger partial charge is 0.410 e. The summed E-state index contributed by atoms with van der Waals surface area (Å²) in [4.78, 5) is 13.3. The molecule has 2 aliphatic rings. The zero-order valence-electron chi connectivity index (χ0n) is 7.86. The Morgan fingerprint density at radius 1 is 1.38 bits per heavy atom. The second-order valence-electron chi connectivity index (χ2n) is 3.65. The average Bonchev–Trinajstić information content (AvgIpc) is 2.15. The van der Waals surface area contributed by atoms with Crippen molar-refractivity contribution in [1.82, 2.24) is 4.90 Å². The average molecular weight is 185 g/mol. The number of hydrogen-bond donors (Lipinski definition) is 0. The lowest BCUT2D eigenvalue weighted by Crippen LogP contribution is -2.57. The van der Waals surface area contributed by atoms with Gasteiger partial charge in [-0.2, -0.15) is 0 Å². The number of ether oxygens (including phenoxy) is 2. The van der Waals surface area contributed by atoms with Crippen LogP contribution in [0.1, 0.15) is 19.3 Å². The Hall–Kier alpha value is -0.770. The first kappa shape index (κ1) is 8.81. The van der Waals surface area contributed by atoms with E-state index in [4.69, 9.17) is 9.47 Å². The summed E-state index contributed by atoms with van der Waals surface area (Å²) in [6, 6.07) is 0.500. The van der Waals surface area contributed by atoms with E-state index in [1.165, 1.54) is 13.5 Å². The SMILES string of the molecule is COC(=O)N1C2CCCC1COC2. The lowest BCUT2D eigenvalue weighted by atomic mass is 9.95. The van der Waals surface area contributed by atoms with Crippen molar-refractivity contribution in [3.63, 3.8) is 0 Å². The van der Waals surface area contributed by atoms with E-state index in [0.29, 0.717) is 13.2 Å². The Morgan fingerprint density at radius 2 is 2.00 bits per heavy atom. The van der Waals surface area contributed by atoms with Gasteiger partial charge >= 0.3 is 6.09 Å². The number of carbonyl (C=O) groups is 1. The lowest BCUT2D eigenvalue weighted by molar-refractivity contribution is -0.0623. The Balaban J connectivity index is 2.10. The molecule has 0 N–H and O–H groups in total. The first-order chi connectivity index (χ1) is 6.33. The third-order valence-electron chi connectivity index (χ3n) is 2.87. The van der Waals surface area contributed by atoms with Crippen LogP contribution in [0.25, 0.3) is 0 Å². The molecule has 74 valence electrons. The molecule has 1 amide bonds. The Bertz CT molecular complexity index is 185. The molecule has 0 aliphatic carbocycles. The predicted octanol–water partition coefficient (Wildman–Crippen LogP) is 1.01. The minimum absolute atomic E-state index is 0.196. The van der Waals surface area contributed by atoms with E-state index in [1.807, 2.05) is 4.90 Å². The Morgan fingerprint density at radius 3 is 2.54 bits per heavy atom. The molecule has 0 radical (unpaired) electrons. The fraction of sp³-hybridized carbons (Fsp3) is 0.889.